The van der Waals surface area contributed by atoms with E-state index in [1.54, 1.807) is 19.2 Å². The van der Waals surface area contributed by atoms with Crippen molar-refractivity contribution >= 4 is 28.2 Å². The van der Waals surface area contributed by atoms with Crippen molar-refractivity contribution in [2.24, 2.45) is 0 Å². The predicted octanol–water partition coefficient (Wildman–Crippen LogP) is 4.94. The Labute approximate surface area is 164 Å². The number of fused-ring (bicyclic) bond motifs is 1. The molecule has 3 aromatic carbocycles. The van der Waals surface area contributed by atoms with Gasteiger partial charge < -0.3 is 15.2 Å². The van der Waals surface area contributed by atoms with Gasteiger partial charge in [0.15, 0.2) is 5.78 Å². The molecule has 5 nitrogen and oxygen atoms in total. The molecule has 0 aliphatic carbocycles. The fraction of sp³-hybridized carbons (Fsp3) is 0.217. The van der Waals surface area contributed by atoms with Crippen LogP contribution in [0.25, 0.3) is 10.8 Å². The second-order valence-corrected chi connectivity index (χ2v) is 6.65. The lowest BCUT2D eigenvalue weighted by molar-refractivity contribution is -0.116. The third kappa shape index (κ3) is 5.10. The number of nitrogens with one attached hydrogen (secondary N) is 1. The number of hydrogen-bond acceptors (Lipinski definition) is 4. The standard InChI is InChI=1S/C23H23NO4/c1-28-21-13-8-16-14-18(7-6-17(16)15-21)22(26)4-2-3-5-23(27)24-19-9-11-20(25)12-10-19/h6-15,25H,2-5H2,1H3,(H,24,27). The van der Waals surface area contributed by atoms with Crippen molar-refractivity contribution in [2.45, 2.75) is 25.7 Å². The lowest BCUT2D eigenvalue weighted by Gasteiger charge is -2.06. The summed E-state index contributed by atoms with van der Waals surface area (Å²) < 4.78 is 5.22. The second kappa shape index (κ2) is 9.04. The van der Waals surface area contributed by atoms with E-state index in [4.69, 9.17) is 4.74 Å². The first-order valence-electron chi connectivity index (χ1n) is 9.25. The van der Waals surface area contributed by atoms with Gasteiger partial charge in [0.25, 0.3) is 0 Å². The van der Waals surface area contributed by atoms with Crippen molar-refractivity contribution in [3.05, 3.63) is 66.2 Å². The number of phenols is 1. The monoisotopic (exact) mass is 377 g/mol. The Morgan fingerprint density at radius 1 is 0.893 bits per heavy atom. The van der Waals surface area contributed by atoms with Crippen LogP contribution in [0.1, 0.15) is 36.0 Å². The van der Waals surface area contributed by atoms with E-state index in [2.05, 4.69) is 5.32 Å². The largest absolute Gasteiger partial charge is 0.508 e. The van der Waals surface area contributed by atoms with Crippen LogP contribution in [0.3, 0.4) is 0 Å². The first-order chi connectivity index (χ1) is 13.5. The molecule has 144 valence electrons. The predicted molar refractivity (Wildman–Crippen MR) is 110 cm³/mol. The summed E-state index contributed by atoms with van der Waals surface area (Å²) in [6, 6.07) is 17.8. The first kappa shape index (κ1) is 19.4. The summed E-state index contributed by atoms with van der Waals surface area (Å²) in [6.07, 6.45) is 2.06. The zero-order valence-corrected chi connectivity index (χ0v) is 15.8. The number of benzene rings is 3. The summed E-state index contributed by atoms with van der Waals surface area (Å²) in [6.45, 7) is 0. The Bertz CT molecular complexity index is 980. The van der Waals surface area contributed by atoms with Crippen LogP contribution in [0.4, 0.5) is 5.69 Å². The molecular weight excluding hydrogens is 354 g/mol. The number of phenolic OH excluding ortho intramolecular Hbond substituents is 1. The highest BCUT2D eigenvalue weighted by molar-refractivity contribution is 6.00. The van der Waals surface area contributed by atoms with Gasteiger partial charge in [-0.3, -0.25) is 9.59 Å². The highest BCUT2D eigenvalue weighted by Gasteiger charge is 2.08. The lowest BCUT2D eigenvalue weighted by Crippen LogP contribution is -2.11. The van der Waals surface area contributed by atoms with E-state index >= 15 is 0 Å². The maximum absolute atomic E-state index is 12.4. The molecule has 0 saturated heterocycles. The maximum Gasteiger partial charge on any atom is 0.224 e. The smallest absolute Gasteiger partial charge is 0.224 e. The van der Waals surface area contributed by atoms with Gasteiger partial charge in [0, 0.05) is 24.1 Å². The van der Waals surface area contributed by atoms with E-state index in [1.165, 1.54) is 12.1 Å². The van der Waals surface area contributed by atoms with E-state index in [-0.39, 0.29) is 17.4 Å². The number of aromatic hydroxyl groups is 1. The highest BCUT2D eigenvalue weighted by atomic mass is 16.5. The number of methoxy groups -OCH3 is 1. The number of amides is 1. The van der Waals surface area contributed by atoms with Gasteiger partial charge in [-0.15, -0.1) is 0 Å². The van der Waals surface area contributed by atoms with Crippen LogP contribution >= 0.6 is 0 Å². The van der Waals surface area contributed by atoms with Crippen LogP contribution in [0.5, 0.6) is 11.5 Å². The maximum atomic E-state index is 12.4. The number of hydrogen-bond donors (Lipinski definition) is 2. The molecule has 3 rings (SSSR count). The van der Waals surface area contributed by atoms with Gasteiger partial charge in [0.1, 0.15) is 11.5 Å². The lowest BCUT2D eigenvalue weighted by atomic mass is 10.0. The highest BCUT2D eigenvalue weighted by Crippen LogP contribution is 2.23. The summed E-state index contributed by atoms with van der Waals surface area (Å²) in [4.78, 5) is 24.4. The molecule has 1 amide bonds. The van der Waals surface area contributed by atoms with Crippen LogP contribution < -0.4 is 10.1 Å². The van der Waals surface area contributed by atoms with E-state index in [0.717, 1.165) is 16.5 Å². The second-order valence-electron chi connectivity index (χ2n) is 6.65. The average molecular weight is 377 g/mol. The fourth-order valence-electron chi connectivity index (χ4n) is 3.01. The van der Waals surface area contributed by atoms with Crippen LogP contribution in [0, 0.1) is 0 Å². The third-order valence-corrected chi connectivity index (χ3v) is 4.58. The van der Waals surface area contributed by atoms with E-state index in [1.807, 2.05) is 36.4 Å². The summed E-state index contributed by atoms with van der Waals surface area (Å²) in [7, 11) is 1.63. The Morgan fingerprint density at radius 2 is 1.57 bits per heavy atom. The van der Waals surface area contributed by atoms with Crippen molar-refractivity contribution in [3.63, 3.8) is 0 Å². The van der Waals surface area contributed by atoms with Gasteiger partial charge in [0.05, 0.1) is 7.11 Å². The van der Waals surface area contributed by atoms with Crippen molar-refractivity contribution in [2.75, 3.05) is 12.4 Å². The van der Waals surface area contributed by atoms with Crippen molar-refractivity contribution in [1.82, 2.24) is 0 Å². The fourth-order valence-corrected chi connectivity index (χ4v) is 3.01. The van der Waals surface area contributed by atoms with Gasteiger partial charge in [-0.05, 0) is 66.1 Å². The number of Topliss-reactive ketones (excluding diaryl/α,β-unsaturated/α-hetero) is 1. The quantitative estimate of drug-likeness (QED) is 0.331. The number of anilines is 1. The molecule has 0 atom stereocenters. The number of ether oxygens (including phenoxy) is 1. The van der Waals surface area contributed by atoms with E-state index < -0.39 is 0 Å². The molecule has 0 unspecified atom stereocenters. The zero-order chi connectivity index (χ0) is 19.9. The Hall–Kier alpha value is -3.34. The molecule has 0 heterocycles. The minimum atomic E-state index is -0.0993. The molecule has 0 aromatic heterocycles. The number of carbonyl (C=O) groups is 2. The SMILES string of the molecule is COc1ccc2cc(C(=O)CCCCC(=O)Nc3ccc(O)cc3)ccc2c1. The molecule has 28 heavy (non-hydrogen) atoms. The Morgan fingerprint density at radius 3 is 2.32 bits per heavy atom. The molecule has 5 heteroatoms. The van der Waals surface area contributed by atoms with Crippen LogP contribution in [-0.4, -0.2) is 23.9 Å². The molecular formula is C23H23NO4. The minimum Gasteiger partial charge on any atom is -0.508 e. The van der Waals surface area contributed by atoms with Crippen LogP contribution in [-0.2, 0) is 4.79 Å². The molecule has 0 radical (unpaired) electrons. The van der Waals surface area contributed by atoms with Gasteiger partial charge >= 0.3 is 0 Å². The minimum absolute atomic E-state index is 0.0802. The number of ketones is 1. The number of unbranched alkanes of at least 4 members (excludes halogenated alkanes) is 1. The van der Waals surface area contributed by atoms with Crippen molar-refractivity contribution in [1.29, 1.82) is 0 Å². The Kier molecular flexibility index (Phi) is 6.27. The Balaban J connectivity index is 1.46. The first-order valence-corrected chi connectivity index (χ1v) is 9.25. The average Bonchev–Trinajstić information content (AvgIpc) is 2.72. The van der Waals surface area contributed by atoms with E-state index in [9.17, 15) is 14.7 Å². The molecule has 3 aromatic rings. The van der Waals surface area contributed by atoms with Crippen LogP contribution in [0.15, 0.2) is 60.7 Å². The van der Waals surface area contributed by atoms with Gasteiger partial charge in [0.2, 0.25) is 5.91 Å². The molecule has 0 spiro atoms. The molecule has 0 aliphatic rings. The third-order valence-electron chi connectivity index (χ3n) is 4.58. The summed E-state index contributed by atoms with van der Waals surface area (Å²) >= 11 is 0. The molecule has 0 fully saturated rings. The number of carbonyl (C=O) groups excluding carboxylic acids is 2. The number of rotatable bonds is 8. The zero-order valence-electron chi connectivity index (χ0n) is 15.8. The molecule has 2 N–H and O–H groups in total. The molecule has 0 bridgehead atoms. The van der Waals surface area contributed by atoms with Crippen LogP contribution in [0.2, 0.25) is 0 Å². The van der Waals surface area contributed by atoms with E-state index in [0.29, 0.717) is 36.9 Å². The summed E-state index contributed by atoms with van der Waals surface area (Å²) in [5, 5.41) is 14.0. The van der Waals surface area contributed by atoms with Crippen molar-refractivity contribution < 1.29 is 19.4 Å². The topological polar surface area (TPSA) is 75.6 Å². The normalized spacial score (nSPS) is 10.6. The summed E-state index contributed by atoms with van der Waals surface area (Å²) in [5.74, 6) is 0.927. The molecule has 0 aliphatic heterocycles. The molecule has 0 saturated carbocycles. The van der Waals surface area contributed by atoms with Gasteiger partial charge in [-0.2, -0.15) is 0 Å². The van der Waals surface area contributed by atoms with Gasteiger partial charge in [-0.25, -0.2) is 0 Å². The van der Waals surface area contributed by atoms with Gasteiger partial charge in [-0.1, -0.05) is 18.2 Å². The summed E-state index contributed by atoms with van der Waals surface area (Å²) in [5.41, 5.74) is 1.33. The van der Waals surface area contributed by atoms with Crippen molar-refractivity contribution in [3.8, 4) is 11.5 Å².